The Labute approximate surface area is 154 Å². The first-order chi connectivity index (χ1) is 12.6. The van der Waals surface area contributed by atoms with E-state index in [1.807, 2.05) is 43.0 Å². The predicted octanol–water partition coefficient (Wildman–Crippen LogP) is 2.62. The van der Waals surface area contributed by atoms with Crippen LogP contribution in [-0.4, -0.2) is 42.2 Å². The summed E-state index contributed by atoms with van der Waals surface area (Å²) in [5.74, 6) is 1.72. The number of aryl methyl sites for hydroxylation is 2. The van der Waals surface area contributed by atoms with Crippen LogP contribution < -0.4 is 10.1 Å². The number of para-hydroxylation sites is 1. The third-order valence-corrected chi connectivity index (χ3v) is 4.83. The Hall–Kier alpha value is -2.34. The molecule has 0 spiro atoms. The second kappa shape index (κ2) is 8.85. The Morgan fingerprint density at radius 3 is 2.77 bits per heavy atom. The largest absolute Gasteiger partial charge is 0.483 e. The average Bonchev–Trinajstić information content (AvgIpc) is 3.29. The lowest BCUT2D eigenvalue weighted by molar-refractivity contribution is -0.132. The Morgan fingerprint density at radius 2 is 2.04 bits per heavy atom. The highest BCUT2D eigenvalue weighted by Gasteiger charge is 2.18. The van der Waals surface area contributed by atoms with Gasteiger partial charge in [0.2, 0.25) is 0 Å². The molecule has 1 aromatic carbocycles. The number of carbonyl (C=O) groups is 1. The molecule has 0 radical (unpaired) electrons. The maximum atomic E-state index is 12.2. The lowest BCUT2D eigenvalue weighted by Crippen LogP contribution is -2.32. The lowest BCUT2D eigenvalue weighted by Gasteiger charge is -2.17. The molecule has 1 N–H and O–H groups in total. The number of ether oxygens (including phenoxy) is 1. The summed E-state index contributed by atoms with van der Waals surface area (Å²) in [5.41, 5.74) is 3.17. The van der Waals surface area contributed by atoms with Crippen LogP contribution in [0.3, 0.4) is 0 Å². The van der Waals surface area contributed by atoms with Crippen LogP contribution in [0.2, 0.25) is 0 Å². The number of hydrogen-bond acceptors (Lipinski definition) is 5. The van der Waals surface area contributed by atoms with Crippen molar-refractivity contribution in [3.8, 4) is 5.75 Å². The Morgan fingerprint density at radius 1 is 1.27 bits per heavy atom. The molecular weight excluding hydrogens is 330 g/mol. The summed E-state index contributed by atoms with van der Waals surface area (Å²) in [6, 6.07) is 7.87. The number of benzene rings is 1. The van der Waals surface area contributed by atoms with Crippen LogP contribution in [0.25, 0.3) is 0 Å². The number of hydrogen-bond donors (Lipinski definition) is 1. The van der Waals surface area contributed by atoms with E-state index in [1.54, 1.807) is 0 Å². The van der Waals surface area contributed by atoms with Gasteiger partial charge in [-0.25, -0.2) is 0 Å². The highest BCUT2D eigenvalue weighted by atomic mass is 16.5. The zero-order valence-corrected chi connectivity index (χ0v) is 15.6. The van der Waals surface area contributed by atoms with Gasteiger partial charge >= 0.3 is 0 Å². The van der Waals surface area contributed by atoms with E-state index in [2.05, 4.69) is 10.5 Å². The molecule has 0 aliphatic carbocycles. The van der Waals surface area contributed by atoms with Crippen molar-refractivity contribution in [1.82, 2.24) is 15.4 Å². The first kappa shape index (κ1) is 18.5. The van der Waals surface area contributed by atoms with Crippen molar-refractivity contribution in [3.05, 3.63) is 46.8 Å². The predicted molar refractivity (Wildman–Crippen MR) is 99.1 cm³/mol. The molecule has 1 aliphatic heterocycles. The van der Waals surface area contributed by atoms with Gasteiger partial charge in [0.15, 0.2) is 6.61 Å². The molecule has 1 aliphatic rings. The minimum atomic E-state index is 0.0728. The average molecular weight is 357 g/mol. The van der Waals surface area contributed by atoms with Crippen molar-refractivity contribution in [1.29, 1.82) is 0 Å². The maximum Gasteiger partial charge on any atom is 0.260 e. The van der Waals surface area contributed by atoms with E-state index in [-0.39, 0.29) is 12.5 Å². The van der Waals surface area contributed by atoms with E-state index in [4.69, 9.17) is 9.26 Å². The summed E-state index contributed by atoms with van der Waals surface area (Å²) in [7, 11) is 0. The Bertz CT molecular complexity index is 716. The number of likely N-dealkylation sites (tertiary alicyclic amines) is 1. The summed E-state index contributed by atoms with van der Waals surface area (Å²) in [4.78, 5) is 14.0. The quantitative estimate of drug-likeness (QED) is 0.736. The third kappa shape index (κ3) is 4.64. The minimum absolute atomic E-state index is 0.0728. The number of carbonyl (C=O) groups excluding carboxylic acids is 1. The fourth-order valence-electron chi connectivity index (χ4n) is 3.28. The molecule has 2 aromatic rings. The van der Waals surface area contributed by atoms with Crippen molar-refractivity contribution >= 4 is 5.91 Å². The van der Waals surface area contributed by atoms with E-state index in [9.17, 15) is 4.79 Å². The molecule has 2 heterocycles. The van der Waals surface area contributed by atoms with Crippen molar-refractivity contribution in [2.24, 2.45) is 0 Å². The number of nitrogens with zero attached hydrogens (tertiary/aromatic N) is 2. The van der Waals surface area contributed by atoms with E-state index in [0.29, 0.717) is 6.54 Å². The van der Waals surface area contributed by atoms with Crippen molar-refractivity contribution in [2.45, 2.75) is 39.7 Å². The van der Waals surface area contributed by atoms with Gasteiger partial charge in [-0.1, -0.05) is 23.4 Å². The fraction of sp³-hybridized carbons (Fsp3) is 0.500. The van der Waals surface area contributed by atoms with Crippen LogP contribution >= 0.6 is 0 Å². The topological polar surface area (TPSA) is 67.6 Å². The second-order valence-corrected chi connectivity index (χ2v) is 6.71. The van der Waals surface area contributed by atoms with Crippen LogP contribution in [0.5, 0.6) is 5.75 Å². The summed E-state index contributed by atoms with van der Waals surface area (Å²) in [6.45, 7) is 7.24. The number of aromatic nitrogens is 1. The molecule has 0 unspecified atom stereocenters. The van der Waals surface area contributed by atoms with Crippen LogP contribution in [0.15, 0.2) is 28.8 Å². The maximum absolute atomic E-state index is 12.2. The smallest absolute Gasteiger partial charge is 0.260 e. The summed E-state index contributed by atoms with van der Waals surface area (Å²) < 4.78 is 11.0. The van der Waals surface area contributed by atoms with Crippen LogP contribution in [0.4, 0.5) is 0 Å². The molecule has 1 saturated heterocycles. The molecule has 0 atom stereocenters. The van der Waals surface area contributed by atoms with Gasteiger partial charge in [-0.3, -0.25) is 4.79 Å². The SMILES string of the molecule is Cc1noc(C)c1CCNCc1ccccc1OCC(=O)N1CCCC1. The monoisotopic (exact) mass is 357 g/mol. The Balaban J connectivity index is 1.48. The zero-order chi connectivity index (χ0) is 18.4. The number of rotatable bonds is 8. The molecule has 0 bridgehead atoms. The first-order valence-electron chi connectivity index (χ1n) is 9.26. The Kier molecular flexibility index (Phi) is 6.28. The zero-order valence-electron chi connectivity index (χ0n) is 15.6. The van der Waals surface area contributed by atoms with Gasteiger partial charge in [-0.2, -0.15) is 0 Å². The molecule has 26 heavy (non-hydrogen) atoms. The van der Waals surface area contributed by atoms with Gasteiger partial charge in [-0.15, -0.1) is 0 Å². The first-order valence-corrected chi connectivity index (χ1v) is 9.26. The van der Waals surface area contributed by atoms with Gasteiger partial charge in [0.1, 0.15) is 11.5 Å². The van der Waals surface area contributed by atoms with Gasteiger partial charge in [0, 0.05) is 30.8 Å². The number of nitrogens with one attached hydrogen (secondary N) is 1. The molecule has 140 valence electrons. The standard InChI is InChI=1S/C20H27N3O3/c1-15-18(16(2)26-22-15)9-10-21-13-17-7-3-4-8-19(17)25-14-20(24)23-11-5-6-12-23/h3-4,7-8,21H,5-6,9-14H2,1-2H3. The van der Waals surface area contributed by atoms with Gasteiger partial charge in [0.25, 0.3) is 5.91 Å². The highest BCUT2D eigenvalue weighted by molar-refractivity contribution is 5.78. The molecule has 3 rings (SSSR count). The minimum Gasteiger partial charge on any atom is -0.483 e. The molecule has 0 saturated carbocycles. The van der Waals surface area contributed by atoms with Gasteiger partial charge in [0.05, 0.1) is 5.69 Å². The second-order valence-electron chi connectivity index (χ2n) is 6.71. The molecule has 6 nitrogen and oxygen atoms in total. The third-order valence-electron chi connectivity index (χ3n) is 4.83. The van der Waals surface area contributed by atoms with Crippen LogP contribution in [-0.2, 0) is 17.8 Å². The van der Waals surface area contributed by atoms with E-state index in [1.165, 1.54) is 5.56 Å². The molecular formula is C20H27N3O3. The lowest BCUT2D eigenvalue weighted by atomic mass is 10.1. The van der Waals surface area contributed by atoms with Crippen molar-refractivity contribution in [2.75, 3.05) is 26.2 Å². The van der Waals surface area contributed by atoms with Crippen molar-refractivity contribution < 1.29 is 14.1 Å². The summed E-state index contributed by atoms with van der Waals surface area (Å²) in [5, 5.41) is 7.41. The van der Waals surface area contributed by atoms with Gasteiger partial charge in [-0.05, 0) is 45.7 Å². The van der Waals surface area contributed by atoms with Gasteiger partial charge < -0.3 is 19.5 Å². The normalized spacial score (nSPS) is 14.0. The van der Waals surface area contributed by atoms with Crippen LogP contribution in [0, 0.1) is 13.8 Å². The summed E-state index contributed by atoms with van der Waals surface area (Å²) >= 11 is 0. The summed E-state index contributed by atoms with van der Waals surface area (Å²) in [6.07, 6.45) is 3.06. The van der Waals surface area contributed by atoms with E-state index >= 15 is 0 Å². The molecule has 6 heteroatoms. The molecule has 1 fully saturated rings. The van der Waals surface area contributed by atoms with Crippen molar-refractivity contribution in [3.63, 3.8) is 0 Å². The van der Waals surface area contributed by atoms with E-state index < -0.39 is 0 Å². The molecule has 1 aromatic heterocycles. The fourth-order valence-corrected chi connectivity index (χ4v) is 3.28. The molecule has 1 amide bonds. The highest BCUT2D eigenvalue weighted by Crippen LogP contribution is 2.18. The number of amides is 1. The van der Waals surface area contributed by atoms with Crippen LogP contribution in [0.1, 0.15) is 35.4 Å². The van der Waals surface area contributed by atoms with E-state index in [0.717, 1.165) is 61.7 Å².